The number of amides is 1. The Morgan fingerprint density at radius 1 is 1.09 bits per heavy atom. The second kappa shape index (κ2) is 9.78. The van der Waals surface area contributed by atoms with Crippen LogP contribution < -0.4 is 0 Å². The van der Waals surface area contributed by atoms with E-state index in [1.807, 2.05) is 24.3 Å². The Labute approximate surface area is 197 Å². The molecule has 0 N–H and O–H groups in total. The van der Waals surface area contributed by atoms with Gasteiger partial charge in [-0.25, -0.2) is 0 Å². The van der Waals surface area contributed by atoms with Crippen LogP contribution in [0, 0.1) is 0 Å². The number of rotatable bonds is 6. The first kappa shape index (κ1) is 24.3. The van der Waals surface area contributed by atoms with Gasteiger partial charge in [0.15, 0.2) is 0 Å². The number of carbonyl (C=O) groups excluding carboxylic acids is 2. The molecule has 8 heteroatoms. The molecule has 5 nitrogen and oxygen atoms in total. The van der Waals surface area contributed by atoms with Crippen molar-refractivity contribution in [3.8, 4) is 11.1 Å². The van der Waals surface area contributed by atoms with E-state index in [0.717, 1.165) is 38.5 Å². The number of fused-ring (bicyclic) bond motifs is 1. The number of ether oxygens (including phenoxy) is 1. The van der Waals surface area contributed by atoms with Gasteiger partial charge >= 0.3 is 12.1 Å². The predicted octanol–water partition coefficient (Wildman–Crippen LogP) is 5.09. The van der Waals surface area contributed by atoms with Crippen molar-refractivity contribution in [2.75, 3.05) is 32.8 Å². The largest absolute Gasteiger partial charge is 0.464 e. The van der Waals surface area contributed by atoms with E-state index in [4.69, 9.17) is 4.74 Å². The average Bonchev–Trinajstić information content (AvgIpc) is 3.13. The van der Waals surface area contributed by atoms with Crippen LogP contribution in [0.5, 0.6) is 0 Å². The van der Waals surface area contributed by atoms with Crippen LogP contribution in [-0.2, 0) is 22.3 Å². The molecule has 182 valence electrons. The zero-order valence-corrected chi connectivity index (χ0v) is 19.5. The summed E-state index contributed by atoms with van der Waals surface area (Å²) < 4.78 is 46.6. The maximum Gasteiger partial charge on any atom is 0.416 e. The van der Waals surface area contributed by atoms with Crippen molar-refractivity contribution in [3.63, 3.8) is 0 Å². The SMILES string of the molecule is CCN1CCC(c2ccc(-c3cc4c(c(C(F)(F)F)c3)CN(CCOC(C)=O)C4=O)cc2)CC1. The molecule has 0 unspecified atom stereocenters. The van der Waals surface area contributed by atoms with Gasteiger partial charge in [0.05, 0.1) is 12.1 Å². The van der Waals surface area contributed by atoms with E-state index in [0.29, 0.717) is 17.0 Å². The molecule has 0 atom stereocenters. The van der Waals surface area contributed by atoms with Crippen LogP contribution in [0.15, 0.2) is 36.4 Å². The van der Waals surface area contributed by atoms with Crippen molar-refractivity contribution in [1.29, 1.82) is 0 Å². The molecule has 0 bridgehead atoms. The minimum absolute atomic E-state index is 0.0246. The fourth-order valence-corrected chi connectivity index (χ4v) is 4.90. The Kier molecular flexibility index (Phi) is 6.98. The summed E-state index contributed by atoms with van der Waals surface area (Å²) in [6, 6.07) is 10.4. The highest BCUT2D eigenvalue weighted by Gasteiger charge is 2.40. The van der Waals surface area contributed by atoms with Crippen molar-refractivity contribution in [2.24, 2.45) is 0 Å². The topological polar surface area (TPSA) is 49.9 Å². The van der Waals surface area contributed by atoms with Crippen LogP contribution in [0.3, 0.4) is 0 Å². The maximum atomic E-state index is 13.9. The van der Waals surface area contributed by atoms with Crippen LogP contribution in [-0.4, -0.2) is 54.5 Å². The third kappa shape index (κ3) is 5.12. The van der Waals surface area contributed by atoms with E-state index in [2.05, 4.69) is 11.8 Å². The molecular weight excluding hydrogens is 445 g/mol. The monoisotopic (exact) mass is 474 g/mol. The summed E-state index contributed by atoms with van der Waals surface area (Å²) in [6.07, 6.45) is -2.44. The molecule has 0 aliphatic carbocycles. The smallest absolute Gasteiger partial charge is 0.416 e. The van der Waals surface area contributed by atoms with Crippen molar-refractivity contribution in [2.45, 2.75) is 45.3 Å². The Morgan fingerprint density at radius 2 is 1.76 bits per heavy atom. The lowest BCUT2D eigenvalue weighted by Gasteiger charge is -2.31. The summed E-state index contributed by atoms with van der Waals surface area (Å²) in [5.74, 6) is -0.523. The molecule has 0 spiro atoms. The number of hydrogen-bond donors (Lipinski definition) is 0. The predicted molar refractivity (Wildman–Crippen MR) is 122 cm³/mol. The summed E-state index contributed by atoms with van der Waals surface area (Å²) in [5.41, 5.74) is 1.46. The van der Waals surface area contributed by atoms with E-state index in [1.165, 1.54) is 17.4 Å². The highest BCUT2D eigenvalue weighted by molar-refractivity contribution is 6.00. The summed E-state index contributed by atoms with van der Waals surface area (Å²) in [4.78, 5) is 27.5. The number of likely N-dealkylation sites (tertiary alicyclic amines) is 1. The number of esters is 1. The number of halogens is 3. The van der Waals surface area contributed by atoms with Gasteiger partial charge in [-0.2, -0.15) is 13.2 Å². The number of alkyl halides is 3. The number of hydrogen-bond acceptors (Lipinski definition) is 4. The molecule has 2 aromatic rings. The van der Waals surface area contributed by atoms with Gasteiger partial charge in [-0.15, -0.1) is 0 Å². The highest BCUT2D eigenvalue weighted by atomic mass is 19.4. The van der Waals surface area contributed by atoms with Crippen molar-refractivity contribution < 1.29 is 27.5 Å². The van der Waals surface area contributed by atoms with Crippen molar-refractivity contribution >= 4 is 11.9 Å². The van der Waals surface area contributed by atoms with Gasteiger partial charge < -0.3 is 14.5 Å². The first-order chi connectivity index (χ1) is 16.2. The van der Waals surface area contributed by atoms with Crippen LogP contribution in [0.2, 0.25) is 0 Å². The molecule has 2 aromatic carbocycles. The number of nitrogens with zero attached hydrogens (tertiary/aromatic N) is 2. The molecule has 1 fully saturated rings. The normalized spacial score (nSPS) is 17.2. The molecule has 2 aliphatic rings. The first-order valence-corrected chi connectivity index (χ1v) is 11.7. The quantitative estimate of drug-likeness (QED) is 0.548. The van der Waals surface area contributed by atoms with Crippen LogP contribution in [0.1, 0.15) is 59.7 Å². The van der Waals surface area contributed by atoms with E-state index in [9.17, 15) is 22.8 Å². The van der Waals surface area contributed by atoms with Crippen LogP contribution in [0.4, 0.5) is 13.2 Å². The summed E-state index contributed by atoms with van der Waals surface area (Å²) in [6.45, 7) is 6.40. The Morgan fingerprint density at radius 3 is 2.35 bits per heavy atom. The van der Waals surface area contributed by atoms with Crippen molar-refractivity contribution in [3.05, 3.63) is 58.7 Å². The standard InChI is InChI=1S/C26H29F3N2O3/c1-3-30-10-8-20(9-11-30)18-4-6-19(7-5-18)21-14-22-23(24(15-21)26(27,28)29)16-31(25(22)33)12-13-34-17(2)32/h4-7,14-15,20H,3,8-13,16H2,1-2H3. The molecular formula is C26H29F3N2O3. The number of carbonyl (C=O) groups is 2. The minimum Gasteiger partial charge on any atom is -0.464 e. The molecule has 0 saturated carbocycles. The fraction of sp³-hybridized carbons (Fsp3) is 0.462. The van der Waals surface area contributed by atoms with Gasteiger partial charge in [0.25, 0.3) is 5.91 Å². The maximum absolute atomic E-state index is 13.9. The zero-order valence-electron chi connectivity index (χ0n) is 19.5. The second-order valence-electron chi connectivity index (χ2n) is 8.94. The summed E-state index contributed by atoms with van der Waals surface area (Å²) >= 11 is 0. The molecule has 1 amide bonds. The summed E-state index contributed by atoms with van der Waals surface area (Å²) in [7, 11) is 0. The average molecular weight is 475 g/mol. The lowest BCUT2D eigenvalue weighted by Crippen LogP contribution is -2.32. The fourth-order valence-electron chi connectivity index (χ4n) is 4.90. The molecule has 4 rings (SSSR count). The molecule has 1 saturated heterocycles. The molecule has 2 aliphatic heterocycles. The molecule has 34 heavy (non-hydrogen) atoms. The van der Waals surface area contributed by atoms with E-state index in [-0.39, 0.29) is 30.8 Å². The minimum atomic E-state index is -4.58. The molecule has 2 heterocycles. The van der Waals surface area contributed by atoms with Gasteiger partial charge in [0, 0.05) is 19.0 Å². The zero-order chi connectivity index (χ0) is 24.5. The van der Waals surface area contributed by atoms with E-state index < -0.39 is 23.6 Å². The Bertz CT molecular complexity index is 1060. The van der Waals surface area contributed by atoms with Gasteiger partial charge in [0.2, 0.25) is 0 Å². The van der Waals surface area contributed by atoms with Crippen LogP contribution in [0.25, 0.3) is 11.1 Å². The second-order valence-corrected chi connectivity index (χ2v) is 8.94. The third-order valence-electron chi connectivity index (χ3n) is 6.84. The Hall–Kier alpha value is -2.87. The van der Waals surface area contributed by atoms with Gasteiger partial charge in [-0.05, 0) is 72.8 Å². The van der Waals surface area contributed by atoms with Gasteiger partial charge in [-0.3, -0.25) is 9.59 Å². The first-order valence-electron chi connectivity index (χ1n) is 11.7. The van der Waals surface area contributed by atoms with E-state index >= 15 is 0 Å². The number of benzene rings is 2. The van der Waals surface area contributed by atoms with Gasteiger partial charge in [0.1, 0.15) is 6.61 Å². The number of piperidine rings is 1. The molecule has 0 aromatic heterocycles. The van der Waals surface area contributed by atoms with E-state index in [1.54, 1.807) is 6.07 Å². The lowest BCUT2D eigenvalue weighted by molar-refractivity contribution is -0.141. The van der Waals surface area contributed by atoms with Crippen molar-refractivity contribution in [1.82, 2.24) is 9.80 Å². The third-order valence-corrected chi connectivity index (χ3v) is 6.84. The summed E-state index contributed by atoms with van der Waals surface area (Å²) in [5, 5.41) is 0. The van der Waals surface area contributed by atoms with Crippen LogP contribution >= 0.6 is 0 Å². The lowest BCUT2D eigenvalue weighted by atomic mass is 9.88. The highest BCUT2D eigenvalue weighted by Crippen LogP contribution is 2.40. The Balaban J connectivity index is 1.59. The molecule has 0 radical (unpaired) electrons. The van der Waals surface area contributed by atoms with Gasteiger partial charge in [-0.1, -0.05) is 31.2 Å².